The lowest BCUT2D eigenvalue weighted by Gasteiger charge is -2.29. The average molecular weight is 496 g/mol. The molecule has 4 rings (SSSR count). The maximum Gasteiger partial charge on any atom is 0.234 e. The van der Waals surface area contributed by atoms with Gasteiger partial charge >= 0.3 is 0 Å². The van der Waals surface area contributed by atoms with Gasteiger partial charge in [-0.15, -0.1) is 0 Å². The van der Waals surface area contributed by atoms with Gasteiger partial charge in [0.25, 0.3) is 0 Å². The minimum Gasteiger partial charge on any atom is -0.348 e. The summed E-state index contributed by atoms with van der Waals surface area (Å²) >= 11 is 6.07. The minimum absolute atomic E-state index is 0.121. The highest BCUT2D eigenvalue weighted by molar-refractivity contribution is 9.10. The molecule has 6 nitrogen and oxygen atoms in total. The molecule has 1 amide bonds. The largest absolute Gasteiger partial charge is 0.348 e. The van der Waals surface area contributed by atoms with Crippen LogP contribution in [-0.2, 0) is 4.79 Å². The van der Waals surface area contributed by atoms with Crippen LogP contribution >= 0.6 is 39.0 Å². The summed E-state index contributed by atoms with van der Waals surface area (Å²) in [5.41, 5.74) is 0.812. The fourth-order valence-electron chi connectivity index (χ4n) is 3.07. The number of fused-ring (bicyclic) bond motifs is 1. The number of anilines is 2. The van der Waals surface area contributed by atoms with Gasteiger partial charge < -0.3 is 10.2 Å². The Kier molecular flexibility index (Phi) is 6.31. The van der Waals surface area contributed by atoms with E-state index in [4.69, 9.17) is 0 Å². The van der Waals surface area contributed by atoms with Crippen LogP contribution in [0.1, 0.15) is 19.8 Å². The normalized spacial score (nSPS) is 15.1. The molecule has 152 valence electrons. The number of hydrogen-bond acceptors (Lipinski definition) is 7. The highest BCUT2D eigenvalue weighted by Gasteiger charge is 2.21. The van der Waals surface area contributed by atoms with Crippen LogP contribution in [0.15, 0.2) is 34.0 Å². The van der Waals surface area contributed by atoms with Gasteiger partial charge in [0, 0.05) is 17.6 Å². The number of hydrogen-bond donors (Lipinski definition) is 1. The van der Waals surface area contributed by atoms with Crippen molar-refractivity contribution in [3.8, 4) is 0 Å². The zero-order chi connectivity index (χ0) is 20.4. The van der Waals surface area contributed by atoms with E-state index in [1.165, 1.54) is 30.2 Å². The highest BCUT2D eigenvalue weighted by Crippen LogP contribution is 2.35. The van der Waals surface area contributed by atoms with Gasteiger partial charge in [0.2, 0.25) is 5.91 Å². The summed E-state index contributed by atoms with van der Waals surface area (Å²) in [5.74, 6) is 0.0965. The molecule has 0 bridgehead atoms. The molecule has 3 heterocycles. The van der Waals surface area contributed by atoms with Crippen molar-refractivity contribution < 1.29 is 9.18 Å². The Labute approximate surface area is 184 Å². The number of halogens is 2. The molecule has 0 radical (unpaired) electrons. The first kappa shape index (κ1) is 20.5. The average Bonchev–Trinajstić information content (AvgIpc) is 3.14. The smallest absolute Gasteiger partial charge is 0.234 e. The molecule has 1 N–H and O–H groups in total. The molecule has 10 heteroatoms. The van der Waals surface area contributed by atoms with Crippen LogP contribution < -0.4 is 10.2 Å². The van der Waals surface area contributed by atoms with Gasteiger partial charge in [0.05, 0.1) is 11.4 Å². The van der Waals surface area contributed by atoms with Crippen LogP contribution in [0.5, 0.6) is 0 Å². The number of benzene rings is 1. The standard InChI is InChI=1S/C19H19BrFN5OS2/c1-11-4-6-26(7-5-11)19-25-17-16(29-19)18(23-10-22-17)28-9-15(27)24-14-3-2-12(20)8-13(14)21/h2-3,8,10-11H,4-7,9H2,1H3,(H,24,27). The van der Waals surface area contributed by atoms with Crippen molar-refractivity contribution in [2.75, 3.05) is 29.1 Å². The van der Waals surface area contributed by atoms with Crippen LogP contribution in [0.4, 0.5) is 15.2 Å². The second-order valence-corrected chi connectivity index (χ2v) is 9.82. The molecule has 2 aromatic heterocycles. The lowest BCUT2D eigenvalue weighted by atomic mass is 10.00. The monoisotopic (exact) mass is 495 g/mol. The summed E-state index contributed by atoms with van der Waals surface area (Å²) in [5, 5.41) is 4.27. The molecule has 1 aliphatic heterocycles. The maximum absolute atomic E-state index is 13.9. The minimum atomic E-state index is -0.481. The molecule has 29 heavy (non-hydrogen) atoms. The number of nitrogens with zero attached hydrogens (tertiary/aromatic N) is 4. The SMILES string of the molecule is CC1CCN(c2nc3ncnc(SCC(=O)Nc4ccc(Br)cc4F)c3s2)CC1. The molecule has 0 aliphatic carbocycles. The fourth-order valence-corrected chi connectivity index (χ4v) is 5.35. The molecular formula is C19H19BrFN5OS2. The zero-order valence-electron chi connectivity index (χ0n) is 15.7. The number of carbonyl (C=O) groups is 1. The lowest BCUT2D eigenvalue weighted by Crippen LogP contribution is -2.32. The number of piperidine rings is 1. The number of carbonyl (C=O) groups excluding carboxylic acids is 1. The Morgan fingerprint density at radius 1 is 1.38 bits per heavy atom. The Bertz CT molecular complexity index is 1040. The van der Waals surface area contributed by atoms with Crippen LogP contribution in [-0.4, -0.2) is 39.7 Å². The number of aromatic nitrogens is 3. The summed E-state index contributed by atoms with van der Waals surface area (Å²) in [6.07, 6.45) is 3.80. The maximum atomic E-state index is 13.9. The second kappa shape index (κ2) is 8.93. The third kappa shape index (κ3) is 4.87. The molecule has 0 atom stereocenters. The topological polar surface area (TPSA) is 71.0 Å². The number of thioether (sulfide) groups is 1. The highest BCUT2D eigenvalue weighted by atomic mass is 79.9. The lowest BCUT2D eigenvalue weighted by molar-refractivity contribution is -0.113. The van der Waals surface area contributed by atoms with Crippen molar-refractivity contribution >= 4 is 66.1 Å². The van der Waals surface area contributed by atoms with Gasteiger partial charge in [-0.2, -0.15) is 4.98 Å². The van der Waals surface area contributed by atoms with Crippen molar-refractivity contribution in [3.63, 3.8) is 0 Å². The Balaban J connectivity index is 1.44. The van der Waals surface area contributed by atoms with Crippen LogP contribution in [0, 0.1) is 11.7 Å². The van der Waals surface area contributed by atoms with E-state index in [0.29, 0.717) is 10.1 Å². The quantitative estimate of drug-likeness (QED) is 0.398. The number of thiazole rings is 1. The van der Waals surface area contributed by atoms with Crippen molar-refractivity contribution in [1.29, 1.82) is 0 Å². The number of rotatable bonds is 5. The van der Waals surface area contributed by atoms with Crippen LogP contribution in [0.3, 0.4) is 0 Å². The first-order chi connectivity index (χ1) is 14.0. The summed E-state index contributed by atoms with van der Waals surface area (Å²) < 4.78 is 15.4. The van der Waals surface area contributed by atoms with E-state index in [2.05, 4.69) is 48.0 Å². The van der Waals surface area contributed by atoms with Crippen LogP contribution in [0.25, 0.3) is 10.3 Å². The fraction of sp³-hybridized carbons (Fsp3) is 0.368. The summed E-state index contributed by atoms with van der Waals surface area (Å²) in [6.45, 7) is 4.28. The molecule has 0 saturated carbocycles. The number of amides is 1. The molecule has 1 fully saturated rings. The summed E-state index contributed by atoms with van der Waals surface area (Å²) in [7, 11) is 0. The van der Waals surface area contributed by atoms with Gasteiger partial charge in [-0.3, -0.25) is 4.79 Å². The number of nitrogens with one attached hydrogen (secondary N) is 1. The molecular weight excluding hydrogens is 477 g/mol. The predicted molar refractivity (Wildman–Crippen MR) is 119 cm³/mol. The van der Waals surface area contributed by atoms with Gasteiger partial charge in [-0.25, -0.2) is 14.4 Å². The van der Waals surface area contributed by atoms with Crippen molar-refractivity contribution in [1.82, 2.24) is 15.0 Å². The van der Waals surface area contributed by atoms with Gasteiger partial charge in [-0.05, 0) is 37.0 Å². The Morgan fingerprint density at radius 2 is 2.17 bits per heavy atom. The van der Waals surface area contributed by atoms with Crippen molar-refractivity contribution in [2.45, 2.75) is 24.8 Å². The summed E-state index contributed by atoms with van der Waals surface area (Å²) in [6, 6.07) is 4.52. The first-order valence-electron chi connectivity index (χ1n) is 9.24. The molecule has 0 unspecified atom stereocenters. The molecule has 0 spiro atoms. The Morgan fingerprint density at radius 3 is 2.93 bits per heavy atom. The van der Waals surface area contributed by atoms with E-state index in [1.807, 2.05) is 0 Å². The van der Waals surface area contributed by atoms with Gasteiger partial charge in [-0.1, -0.05) is 46.0 Å². The molecule has 1 saturated heterocycles. The van der Waals surface area contributed by atoms with Crippen molar-refractivity contribution in [3.05, 3.63) is 34.8 Å². The van der Waals surface area contributed by atoms with E-state index in [0.717, 1.165) is 46.7 Å². The first-order valence-corrected chi connectivity index (χ1v) is 11.8. The third-order valence-corrected chi connectivity index (χ3v) is 7.47. The molecule has 1 aromatic carbocycles. The van der Waals surface area contributed by atoms with Gasteiger partial charge in [0.1, 0.15) is 21.9 Å². The zero-order valence-corrected chi connectivity index (χ0v) is 18.9. The molecule has 1 aliphatic rings. The summed E-state index contributed by atoms with van der Waals surface area (Å²) in [4.78, 5) is 27.8. The van der Waals surface area contributed by atoms with Crippen molar-refractivity contribution in [2.24, 2.45) is 5.92 Å². The second-order valence-electron chi connectivity index (χ2n) is 6.96. The van der Waals surface area contributed by atoms with E-state index in [9.17, 15) is 9.18 Å². The Hall–Kier alpha value is -1.78. The third-order valence-electron chi connectivity index (χ3n) is 4.75. The predicted octanol–water partition coefficient (Wildman–Crippen LogP) is 4.96. The van der Waals surface area contributed by atoms with Crippen LogP contribution in [0.2, 0.25) is 0 Å². The molecule has 3 aromatic rings. The van der Waals surface area contributed by atoms with E-state index >= 15 is 0 Å². The van der Waals surface area contributed by atoms with E-state index in [1.54, 1.807) is 17.4 Å². The van der Waals surface area contributed by atoms with E-state index < -0.39 is 5.82 Å². The van der Waals surface area contributed by atoms with E-state index in [-0.39, 0.29) is 17.3 Å². The van der Waals surface area contributed by atoms with Gasteiger partial charge in [0.15, 0.2) is 10.8 Å².